The van der Waals surface area contributed by atoms with E-state index in [2.05, 4.69) is 4.98 Å². The van der Waals surface area contributed by atoms with E-state index in [1.54, 1.807) is 12.1 Å². The molecule has 0 bridgehead atoms. The molecule has 0 unspecified atom stereocenters. The highest BCUT2D eigenvalue weighted by Crippen LogP contribution is 2.28. The van der Waals surface area contributed by atoms with Crippen molar-refractivity contribution in [3.63, 3.8) is 0 Å². The summed E-state index contributed by atoms with van der Waals surface area (Å²) in [6.07, 6.45) is 2.12. The van der Waals surface area contributed by atoms with E-state index in [-0.39, 0.29) is 0 Å². The largest absolute Gasteiger partial charge is 0.497 e. The molecule has 0 saturated carbocycles. The minimum Gasteiger partial charge on any atom is -0.497 e. The number of benzene rings is 1. The van der Waals surface area contributed by atoms with Gasteiger partial charge in [-0.3, -0.25) is 4.79 Å². The number of rotatable bonds is 3. The second-order valence-corrected chi connectivity index (χ2v) is 4.09. The van der Waals surface area contributed by atoms with Gasteiger partial charge < -0.3 is 4.74 Å². The molecule has 1 aromatic heterocycles. The normalized spacial score (nSPS) is 10.1. The topological polar surface area (TPSA) is 39.2 Å². The molecule has 0 atom stereocenters. The van der Waals surface area contributed by atoms with Crippen molar-refractivity contribution in [2.75, 3.05) is 7.11 Å². The van der Waals surface area contributed by atoms with Crippen LogP contribution in [-0.4, -0.2) is 18.4 Å². The number of nitrogens with zero attached hydrogens (tertiary/aromatic N) is 1. The van der Waals surface area contributed by atoms with Crippen molar-refractivity contribution in [1.82, 2.24) is 4.98 Å². The number of aldehydes is 1. The zero-order valence-corrected chi connectivity index (χ0v) is 9.25. The first-order chi connectivity index (χ1) is 7.74. The molecule has 16 heavy (non-hydrogen) atoms. The van der Waals surface area contributed by atoms with Crippen LogP contribution in [0.25, 0.3) is 10.6 Å². The molecule has 2 rings (SSSR count). The summed E-state index contributed by atoms with van der Waals surface area (Å²) in [4.78, 5) is 15.0. The van der Waals surface area contributed by atoms with E-state index in [9.17, 15) is 9.18 Å². The Bertz CT molecular complexity index is 524. The standard InChI is InChI=1S/C11H8FNO2S/c1-15-7-2-3-9(10(12)4-7)11-13-5-8(6-14)16-11/h2-6H,1H3. The van der Waals surface area contributed by atoms with Crippen molar-refractivity contribution in [2.45, 2.75) is 0 Å². The van der Waals surface area contributed by atoms with E-state index in [0.717, 1.165) is 11.3 Å². The Morgan fingerprint density at radius 3 is 2.88 bits per heavy atom. The van der Waals surface area contributed by atoms with Crippen LogP contribution >= 0.6 is 11.3 Å². The van der Waals surface area contributed by atoms with E-state index in [0.29, 0.717) is 27.5 Å². The Kier molecular flexibility index (Phi) is 2.96. The van der Waals surface area contributed by atoms with E-state index in [1.807, 2.05) is 0 Å². The van der Waals surface area contributed by atoms with Crippen molar-refractivity contribution in [2.24, 2.45) is 0 Å². The third-order valence-electron chi connectivity index (χ3n) is 2.05. The summed E-state index contributed by atoms with van der Waals surface area (Å²) in [5, 5.41) is 0.488. The Balaban J connectivity index is 2.43. The van der Waals surface area contributed by atoms with Crippen molar-refractivity contribution in [1.29, 1.82) is 0 Å². The number of aromatic nitrogens is 1. The lowest BCUT2D eigenvalue weighted by molar-refractivity contribution is 0.112. The van der Waals surface area contributed by atoms with Crippen LogP contribution in [0.5, 0.6) is 5.75 Å². The lowest BCUT2D eigenvalue weighted by atomic mass is 10.2. The number of hydrogen-bond acceptors (Lipinski definition) is 4. The smallest absolute Gasteiger partial charge is 0.161 e. The molecule has 3 nitrogen and oxygen atoms in total. The molecule has 0 N–H and O–H groups in total. The van der Waals surface area contributed by atoms with Gasteiger partial charge in [0, 0.05) is 17.8 Å². The predicted octanol–water partition coefficient (Wildman–Crippen LogP) is 2.77. The fourth-order valence-electron chi connectivity index (χ4n) is 1.26. The van der Waals surface area contributed by atoms with Gasteiger partial charge in [-0.05, 0) is 12.1 Å². The minimum absolute atomic E-state index is 0.374. The van der Waals surface area contributed by atoms with Crippen molar-refractivity contribution >= 4 is 17.6 Å². The highest BCUT2D eigenvalue weighted by molar-refractivity contribution is 7.16. The minimum atomic E-state index is -0.411. The van der Waals surface area contributed by atoms with Crippen LogP contribution in [0.1, 0.15) is 9.67 Å². The maximum absolute atomic E-state index is 13.6. The van der Waals surface area contributed by atoms with Gasteiger partial charge in [0.1, 0.15) is 16.6 Å². The number of carbonyl (C=O) groups is 1. The average molecular weight is 237 g/mol. The summed E-state index contributed by atoms with van der Waals surface area (Å²) < 4.78 is 18.5. The predicted molar refractivity (Wildman–Crippen MR) is 59.4 cm³/mol. The molecule has 0 spiro atoms. The number of thiazole rings is 1. The van der Waals surface area contributed by atoms with Gasteiger partial charge in [-0.15, -0.1) is 11.3 Å². The SMILES string of the molecule is COc1ccc(-c2ncc(C=O)s2)c(F)c1. The lowest BCUT2D eigenvalue weighted by Crippen LogP contribution is -1.87. The zero-order chi connectivity index (χ0) is 11.5. The van der Waals surface area contributed by atoms with Gasteiger partial charge in [0.25, 0.3) is 0 Å². The molecular formula is C11H8FNO2S. The monoisotopic (exact) mass is 237 g/mol. The summed E-state index contributed by atoms with van der Waals surface area (Å²) in [6, 6.07) is 4.53. The molecule has 82 valence electrons. The Morgan fingerprint density at radius 1 is 1.50 bits per heavy atom. The van der Waals surface area contributed by atoms with Gasteiger partial charge in [-0.1, -0.05) is 0 Å². The van der Waals surface area contributed by atoms with Crippen molar-refractivity contribution in [3.05, 3.63) is 35.1 Å². The summed E-state index contributed by atoms with van der Waals surface area (Å²) >= 11 is 1.15. The maximum atomic E-state index is 13.6. The van der Waals surface area contributed by atoms with Gasteiger partial charge in [0.05, 0.1) is 12.0 Å². The van der Waals surface area contributed by atoms with Crippen LogP contribution in [0.3, 0.4) is 0 Å². The molecule has 5 heteroatoms. The van der Waals surface area contributed by atoms with Crippen LogP contribution in [0.4, 0.5) is 4.39 Å². The van der Waals surface area contributed by atoms with Gasteiger partial charge >= 0.3 is 0 Å². The lowest BCUT2D eigenvalue weighted by Gasteiger charge is -2.02. The zero-order valence-electron chi connectivity index (χ0n) is 8.44. The second kappa shape index (κ2) is 4.40. The van der Waals surface area contributed by atoms with Gasteiger partial charge in [0.15, 0.2) is 6.29 Å². The molecule has 0 fully saturated rings. The Labute approximate surface area is 95.5 Å². The molecule has 0 aliphatic heterocycles. The quantitative estimate of drug-likeness (QED) is 0.770. The molecule has 1 aromatic carbocycles. The first-order valence-electron chi connectivity index (χ1n) is 4.49. The van der Waals surface area contributed by atoms with Gasteiger partial charge in [0.2, 0.25) is 0 Å². The molecule has 0 saturated heterocycles. The highest BCUT2D eigenvalue weighted by Gasteiger charge is 2.10. The van der Waals surface area contributed by atoms with Crippen LogP contribution in [0.2, 0.25) is 0 Å². The number of hydrogen-bond donors (Lipinski definition) is 0. The third kappa shape index (κ3) is 1.94. The van der Waals surface area contributed by atoms with Crippen molar-refractivity contribution in [3.8, 4) is 16.3 Å². The van der Waals surface area contributed by atoms with Crippen molar-refractivity contribution < 1.29 is 13.9 Å². The van der Waals surface area contributed by atoms with E-state index in [4.69, 9.17) is 4.74 Å². The second-order valence-electron chi connectivity index (χ2n) is 3.03. The number of carbonyl (C=O) groups excluding carboxylic acids is 1. The average Bonchev–Trinajstić information content (AvgIpc) is 2.77. The first-order valence-corrected chi connectivity index (χ1v) is 5.31. The highest BCUT2D eigenvalue weighted by atomic mass is 32.1. The van der Waals surface area contributed by atoms with E-state index >= 15 is 0 Å². The van der Waals surface area contributed by atoms with Gasteiger partial charge in [-0.25, -0.2) is 9.37 Å². The molecule has 0 amide bonds. The van der Waals surface area contributed by atoms with Crippen LogP contribution in [0.15, 0.2) is 24.4 Å². The Hall–Kier alpha value is -1.75. The fraction of sp³-hybridized carbons (Fsp3) is 0.0909. The molecule has 0 radical (unpaired) electrons. The third-order valence-corrected chi connectivity index (χ3v) is 3.00. The molecule has 2 aromatic rings. The van der Waals surface area contributed by atoms with Crippen LogP contribution in [0, 0.1) is 5.82 Å². The summed E-state index contributed by atoms with van der Waals surface area (Å²) in [5.41, 5.74) is 0.374. The fourth-order valence-corrected chi connectivity index (χ4v) is 2.02. The number of methoxy groups -OCH3 is 1. The molecule has 0 aliphatic rings. The maximum Gasteiger partial charge on any atom is 0.161 e. The first kappa shape index (κ1) is 10.8. The Morgan fingerprint density at radius 2 is 2.31 bits per heavy atom. The summed E-state index contributed by atoms with van der Waals surface area (Å²) in [6.45, 7) is 0. The number of halogens is 1. The number of ether oxygens (including phenoxy) is 1. The van der Waals surface area contributed by atoms with Crippen LogP contribution < -0.4 is 4.74 Å². The van der Waals surface area contributed by atoms with E-state index < -0.39 is 5.82 Å². The van der Waals surface area contributed by atoms with Crippen LogP contribution in [-0.2, 0) is 0 Å². The molecule has 0 aliphatic carbocycles. The molecule has 1 heterocycles. The summed E-state index contributed by atoms with van der Waals surface area (Å²) in [7, 11) is 1.47. The molecular weight excluding hydrogens is 229 g/mol. The summed E-state index contributed by atoms with van der Waals surface area (Å²) in [5.74, 6) is 0.0413. The van der Waals surface area contributed by atoms with E-state index in [1.165, 1.54) is 19.4 Å². The van der Waals surface area contributed by atoms with Gasteiger partial charge in [-0.2, -0.15) is 0 Å².